The van der Waals surface area contributed by atoms with E-state index in [9.17, 15) is 4.57 Å². The van der Waals surface area contributed by atoms with Gasteiger partial charge in [0.2, 0.25) is 0 Å². The molecule has 0 amide bonds. The third kappa shape index (κ3) is 3.57. The van der Waals surface area contributed by atoms with Crippen LogP contribution in [0.3, 0.4) is 0 Å². The maximum Gasteiger partial charge on any atom is 0.171 e. The zero-order valence-electron chi connectivity index (χ0n) is 16.5. The third-order valence-electron chi connectivity index (χ3n) is 5.08. The molecule has 0 saturated heterocycles. The van der Waals surface area contributed by atoms with E-state index >= 15 is 0 Å². The van der Waals surface area contributed by atoms with Gasteiger partial charge in [-0.25, -0.2) is 0 Å². The zero-order valence-corrected chi connectivity index (χ0v) is 19.4. The van der Waals surface area contributed by atoms with Crippen molar-refractivity contribution in [3.05, 3.63) is 110 Å². The first-order chi connectivity index (χ1) is 14.7. The van der Waals surface area contributed by atoms with Gasteiger partial charge in [-0.1, -0.05) is 66.7 Å². The summed E-state index contributed by atoms with van der Waals surface area (Å²) in [6.07, 6.45) is 0. The number of thiophene rings is 1. The van der Waals surface area contributed by atoms with Gasteiger partial charge in [-0.05, 0) is 35.6 Å². The van der Waals surface area contributed by atoms with Gasteiger partial charge in [-0.15, -0.1) is 33.7 Å². The maximum atomic E-state index is 14.6. The summed E-state index contributed by atoms with van der Waals surface area (Å²) >= 11 is 1.78. The molecular formula is C26H22OP2S. The second kappa shape index (κ2) is 8.70. The molecule has 0 aliphatic heterocycles. The fourth-order valence-electron chi connectivity index (χ4n) is 3.70. The van der Waals surface area contributed by atoms with Gasteiger partial charge in [-0.2, -0.15) is 0 Å². The largest absolute Gasteiger partial charge is 0.309 e. The molecule has 1 aromatic heterocycles. The smallest absolute Gasteiger partial charge is 0.171 e. The third-order valence-corrected chi connectivity index (χ3v) is 9.65. The molecule has 148 valence electrons. The highest BCUT2D eigenvalue weighted by Gasteiger charge is 2.29. The van der Waals surface area contributed by atoms with E-state index in [-0.39, 0.29) is 0 Å². The van der Waals surface area contributed by atoms with Crippen LogP contribution in [0.4, 0.5) is 0 Å². The van der Waals surface area contributed by atoms with Gasteiger partial charge in [0.05, 0.1) is 0 Å². The van der Waals surface area contributed by atoms with E-state index in [0.717, 1.165) is 21.2 Å². The van der Waals surface area contributed by atoms with E-state index in [1.165, 1.54) is 20.2 Å². The highest BCUT2D eigenvalue weighted by molar-refractivity contribution is 7.85. The lowest BCUT2D eigenvalue weighted by molar-refractivity contribution is 0.592. The molecule has 0 aliphatic rings. The number of hydrogen-bond acceptors (Lipinski definition) is 2. The number of hydrogen-bond donors (Lipinski definition) is 0. The molecule has 1 unspecified atom stereocenters. The minimum Gasteiger partial charge on any atom is -0.309 e. The van der Waals surface area contributed by atoms with Gasteiger partial charge in [0, 0.05) is 36.1 Å². The Morgan fingerprint density at radius 3 is 1.70 bits per heavy atom. The monoisotopic (exact) mass is 444 g/mol. The predicted octanol–water partition coefficient (Wildman–Crippen LogP) is 6.00. The fourth-order valence-corrected chi connectivity index (χ4v) is 7.71. The predicted molar refractivity (Wildman–Crippen MR) is 139 cm³/mol. The van der Waals surface area contributed by atoms with Crippen LogP contribution in [0.1, 0.15) is 0 Å². The number of fused-ring (bicyclic) bond motifs is 3. The first-order valence-corrected chi connectivity index (χ1v) is 12.7. The summed E-state index contributed by atoms with van der Waals surface area (Å²) in [5.41, 5.74) is 0. The summed E-state index contributed by atoms with van der Waals surface area (Å²) in [5.74, 6) is 0. The lowest BCUT2D eigenvalue weighted by Crippen LogP contribution is -2.24. The lowest BCUT2D eigenvalue weighted by Gasteiger charge is -2.20. The molecular weight excluding hydrogens is 422 g/mol. The first-order valence-electron chi connectivity index (χ1n) is 9.60. The highest BCUT2D eigenvalue weighted by atomic mass is 32.1. The maximum absolute atomic E-state index is 14.6. The van der Waals surface area contributed by atoms with Gasteiger partial charge in [-0.3, -0.25) is 0 Å². The molecule has 1 nitrogen and oxygen atoms in total. The van der Waals surface area contributed by atoms with Crippen LogP contribution in [0.25, 0.3) is 20.2 Å². The van der Waals surface area contributed by atoms with Crippen LogP contribution < -0.4 is 21.2 Å². The highest BCUT2D eigenvalue weighted by Crippen LogP contribution is 2.44. The van der Waals surface area contributed by atoms with Crippen molar-refractivity contribution < 1.29 is 4.57 Å². The van der Waals surface area contributed by atoms with E-state index in [4.69, 9.17) is 0 Å². The molecule has 1 atom stereocenters. The minimum absolute atomic E-state index is 0.867. The Labute approximate surface area is 183 Å². The van der Waals surface area contributed by atoms with E-state index < -0.39 is 7.14 Å². The zero-order chi connectivity index (χ0) is 21.1. The van der Waals surface area contributed by atoms with Crippen molar-refractivity contribution in [2.75, 3.05) is 0 Å². The molecule has 0 spiro atoms. The molecule has 4 heteroatoms. The molecule has 1 heterocycles. The van der Waals surface area contributed by atoms with Gasteiger partial charge in [0.25, 0.3) is 0 Å². The van der Waals surface area contributed by atoms with Crippen LogP contribution in [-0.4, -0.2) is 0 Å². The van der Waals surface area contributed by atoms with Crippen molar-refractivity contribution in [2.45, 2.75) is 0 Å². The summed E-state index contributed by atoms with van der Waals surface area (Å²) in [6, 6.07) is 32.5. The second-order valence-corrected chi connectivity index (χ2v) is 11.3. The van der Waals surface area contributed by atoms with Gasteiger partial charge >= 0.3 is 0 Å². The van der Waals surface area contributed by atoms with E-state index in [1.54, 1.807) is 11.3 Å². The van der Waals surface area contributed by atoms with Crippen LogP contribution in [0.2, 0.25) is 0 Å². The van der Waals surface area contributed by atoms with E-state index in [0.29, 0.717) is 0 Å². The summed E-state index contributed by atoms with van der Waals surface area (Å²) in [4.78, 5) is 0. The Morgan fingerprint density at radius 2 is 1.13 bits per heavy atom. The average molecular weight is 444 g/mol. The van der Waals surface area contributed by atoms with Crippen molar-refractivity contribution >= 4 is 69.1 Å². The fraction of sp³-hybridized carbons (Fsp3) is 0. The first kappa shape index (κ1) is 20.8. The normalized spacial score (nSPS) is 11.2. The summed E-state index contributed by atoms with van der Waals surface area (Å²) < 4.78 is 17.1. The Bertz CT molecular complexity index is 1310. The molecule has 0 N–H and O–H groups in total. The standard InChI is InChI=1S/C24H18OP2S.C2H4/c25-27(18-7-3-1-4-8-18,19-9-5-2-6-10-19)20-12-14-24-22(16-20)21-15-17(26)11-13-23(21)28-24;1-2/h1-16H,26H2;1-2H2. The van der Waals surface area contributed by atoms with Gasteiger partial charge < -0.3 is 4.57 Å². The number of rotatable bonds is 3. The topological polar surface area (TPSA) is 17.1 Å². The molecule has 30 heavy (non-hydrogen) atoms. The van der Waals surface area contributed by atoms with Crippen molar-refractivity contribution in [3.63, 3.8) is 0 Å². The SMILES string of the molecule is C=C.O=P(c1ccccc1)(c1ccccc1)c1ccc2sc3ccc(P)cc3c2c1. The van der Waals surface area contributed by atoms with Crippen LogP contribution in [0.15, 0.2) is 110 Å². The Kier molecular flexibility index (Phi) is 6.02. The average Bonchev–Trinajstić information content (AvgIpc) is 3.18. The lowest BCUT2D eigenvalue weighted by atomic mass is 10.1. The van der Waals surface area contributed by atoms with Crippen LogP contribution in [-0.2, 0) is 4.57 Å². The Hall–Kier alpha value is -2.50. The molecule has 0 bridgehead atoms. The van der Waals surface area contributed by atoms with Crippen molar-refractivity contribution in [1.29, 1.82) is 0 Å². The summed E-state index contributed by atoms with van der Waals surface area (Å²) in [6.45, 7) is 6.00. The molecule has 0 fully saturated rings. The molecule has 4 aromatic carbocycles. The van der Waals surface area contributed by atoms with Crippen LogP contribution in [0.5, 0.6) is 0 Å². The summed E-state index contributed by atoms with van der Waals surface area (Å²) in [5, 5.41) is 6.17. The van der Waals surface area contributed by atoms with E-state index in [2.05, 4.69) is 52.7 Å². The van der Waals surface area contributed by atoms with Crippen molar-refractivity contribution in [1.82, 2.24) is 0 Å². The second-order valence-electron chi connectivity index (χ2n) is 6.82. The van der Waals surface area contributed by atoms with Crippen LogP contribution in [0, 0.1) is 0 Å². The van der Waals surface area contributed by atoms with Gasteiger partial charge in [0.15, 0.2) is 7.14 Å². The minimum atomic E-state index is -2.95. The van der Waals surface area contributed by atoms with Crippen molar-refractivity contribution in [2.24, 2.45) is 0 Å². The molecule has 0 aliphatic carbocycles. The quantitative estimate of drug-likeness (QED) is 0.247. The van der Waals surface area contributed by atoms with Gasteiger partial charge in [0.1, 0.15) is 0 Å². The Morgan fingerprint density at radius 1 is 0.633 bits per heavy atom. The molecule has 0 saturated carbocycles. The van der Waals surface area contributed by atoms with Crippen LogP contribution >= 0.6 is 27.7 Å². The Balaban J connectivity index is 0.00000106. The molecule has 0 radical (unpaired) electrons. The number of benzene rings is 4. The summed E-state index contributed by atoms with van der Waals surface area (Å²) in [7, 11) is -0.178. The molecule has 5 rings (SSSR count). The molecule has 5 aromatic rings. The van der Waals surface area contributed by atoms with Crippen molar-refractivity contribution in [3.8, 4) is 0 Å². The van der Waals surface area contributed by atoms with E-state index in [1.807, 2.05) is 66.7 Å².